The molecule has 0 atom stereocenters. The predicted octanol–water partition coefficient (Wildman–Crippen LogP) is 7.68. The lowest BCUT2D eigenvalue weighted by Crippen LogP contribution is -2.15. The summed E-state index contributed by atoms with van der Waals surface area (Å²) in [5, 5.41) is 12.6. The molecule has 220 valence electrons. The second-order valence-electron chi connectivity index (χ2n) is 10.2. The molecule has 42 heavy (non-hydrogen) atoms. The van der Waals surface area contributed by atoms with Crippen LogP contribution in [-0.2, 0) is 6.54 Å². The van der Waals surface area contributed by atoms with Crippen molar-refractivity contribution < 1.29 is 8.78 Å². The summed E-state index contributed by atoms with van der Waals surface area (Å²) in [6.45, 7) is 20.5. The average molecular weight is 571 g/mol. The summed E-state index contributed by atoms with van der Waals surface area (Å²) in [5.74, 6) is -0.867. The van der Waals surface area contributed by atoms with Crippen molar-refractivity contribution in [3.05, 3.63) is 120 Å². The van der Waals surface area contributed by atoms with Gasteiger partial charge in [0.15, 0.2) is 5.82 Å². The summed E-state index contributed by atoms with van der Waals surface area (Å²) in [5.41, 5.74) is 6.84. The Morgan fingerprint density at radius 2 is 1.76 bits per heavy atom. The first-order chi connectivity index (χ1) is 20.0. The molecular weight excluding hydrogens is 530 g/mol. The summed E-state index contributed by atoms with van der Waals surface area (Å²) < 4.78 is 30.6. The van der Waals surface area contributed by atoms with E-state index < -0.39 is 5.82 Å². The highest BCUT2D eigenvalue weighted by molar-refractivity contribution is 5.87. The van der Waals surface area contributed by atoms with Crippen molar-refractivity contribution in [3.8, 4) is 11.3 Å². The van der Waals surface area contributed by atoms with Gasteiger partial charge in [-0.3, -0.25) is 9.97 Å². The highest BCUT2D eigenvalue weighted by atomic mass is 19.1. The lowest BCUT2D eigenvalue weighted by Gasteiger charge is -2.20. The van der Waals surface area contributed by atoms with Gasteiger partial charge in [0, 0.05) is 60.1 Å². The smallest absolute Gasteiger partial charge is 0.159 e. The molecule has 3 rings (SSSR count). The van der Waals surface area contributed by atoms with Gasteiger partial charge in [-0.15, -0.1) is 0 Å². The fraction of sp³-hybridized carbons (Fsp3) is 0.235. The maximum atomic E-state index is 16.1. The molecule has 6 nitrogen and oxygen atoms in total. The molecule has 3 aromatic rings. The SMILES string of the molecule is C=C/C=C(\C(C)=C(/C)NC(=C)C(=C)c1c(NC)cnc(-c2cncc(NC(C)C)c2)c1F)c1cc(F)cc(CNC)c1. The quantitative estimate of drug-likeness (QED) is 0.158. The van der Waals surface area contributed by atoms with E-state index in [1.807, 2.05) is 53.0 Å². The zero-order valence-corrected chi connectivity index (χ0v) is 25.3. The molecule has 0 unspecified atom stereocenters. The number of aromatic nitrogens is 2. The van der Waals surface area contributed by atoms with E-state index in [1.165, 1.54) is 12.1 Å². The predicted molar refractivity (Wildman–Crippen MR) is 173 cm³/mol. The third-order valence-electron chi connectivity index (χ3n) is 6.66. The molecule has 0 aliphatic heterocycles. The molecule has 0 saturated heterocycles. The monoisotopic (exact) mass is 570 g/mol. The molecule has 0 fully saturated rings. The Hall–Kier alpha value is -4.56. The number of nitrogens with zero attached hydrogens (tertiary/aromatic N) is 2. The number of benzene rings is 1. The van der Waals surface area contributed by atoms with E-state index in [0.29, 0.717) is 34.6 Å². The first-order valence-electron chi connectivity index (χ1n) is 13.7. The van der Waals surface area contributed by atoms with Crippen LogP contribution < -0.4 is 21.3 Å². The van der Waals surface area contributed by atoms with E-state index >= 15 is 4.39 Å². The molecule has 1 aromatic carbocycles. The number of pyridine rings is 2. The van der Waals surface area contributed by atoms with Gasteiger partial charge < -0.3 is 21.3 Å². The molecule has 0 spiro atoms. The largest absolute Gasteiger partial charge is 0.386 e. The zero-order chi connectivity index (χ0) is 31.0. The Labute approximate surface area is 248 Å². The van der Waals surface area contributed by atoms with Gasteiger partial charge in [-0.1, -0.05) is 31.9 Å². The molecule has 0 amide bonds. The number of hydrogen-bond acceptors (Lipinski definition) is 6. The third-order valence-corrected chi connectivity index (χ3v) is 6.66. The number of halogens is 2. The van der Waals surface area contributed by atoms with Crippen LogP contribution in [0.3, 0.4) is 0 Å². The summed E-state index contributed by atoms with van der Waals surface area (Å²) in [7, 11) is 3.51. The van der Waals surface area contributed by atoms with Crippen LogP contribution in [0.25, 0.3) is 22.4 Å². The molecule has 0 aliphatic rings. The fourth-order valence-electron chi connectivity index (χ4n) is 4.57. The Morgan fingerprint density at radius 3 is 2.40 bits per heavy atom. The molecule has 0 radical (unpaired) electrons. The van der Waals surface area contributed by atoms with Crippen molar-refractivity contribution in [1.82, 2.24) is 20.6 Å². The van der Waals surface area contributed by atoms with E-state index in [2.05, 4.69) is 51.0 Å². The second-order valence-corrected chi connectivity index (χ2v) is 10.2. The van der Waals surface area contributed by atoms with Crippen LogP contribution in [0.1, 0.15) is 44.4 Å². The summed E-state index contributed by atoms with van der Waals surface area (Å²) in [4.78, 5) is 8.64. The molecule has 2 aromatic heterocycles. The second kappa shape index (κ2) is 14.4. The summed E-state index contributed by atoms with van der Waals surface area (Å²) >= 11 is 0. The van der Waals surface area contributed by atoms with Crippen LogP contribution in [-0.4, -0.2) is 30.1 Å². The zero-order valence-electron chi connectivity index (χ0n) is 25.3. The standard InChI is InChI=1S/C34H40F2N6/c1-10-11-30(26-12-25(16-37-8)13-28(35)14-26)21(4)23(6)42-24(7)22(5)32-31(38-9)19-40-34(33(32)36)27-15-29(18-39-17-27)41-20(2)3/h10-15,17-20,37-38,41-42H,1,5,7,16H2,2-4,6,8-9H3/b23-21+,30-11+. The fourth-order valence-corrected chi connectivity index (χ4v) is 4.57. The maximum absolute atomic E-state index is 16.1. The minimum absolute atomic E-state index is 0.154. The van der Waals surface area contributed by atoms with Crippen molar-refractivity contribution in [1.29, 1.82) is 0 Å². The molecule has 2 heterocycles. The number of anilines is 2. The first kappa shape index (κ1) is 32.0. The number of rotatable bonds is 13. The van der Waals surface area contributed by atoms with E-state index in [0.717, 1.165) is 28.1 Å². The average Bonchev–Trinajstić information content (AvgIpc) is 2.94. The maximum Gasteiger partial charge on any atom is 0.159 e. The number of nitrogens with one attached hydrogen (secondary N) is 4. The van der Waals surface area contributed by atoms with E-state index in [-0.39, 0.29) is 23.1 Å². The van der Waals surface area contributed by atoms with E-state index in [1.54, 1.807) is 31.7 Å². The van der Waals surface area contributed by atoms with Crippen LogP contribution in [0.15, 0.2) is 91.7 Å². The normalized spacial score (nSPS) is 12.1. The van der Waals surface area contributed by atoms with Gasteiger partial charge in [0.1, 0.15) is 11.5 Å². The molecule has 0 aliphatic carbocycles. The van der Waals surface area contributed by atoms with E-state index in [4.69, 9.17) is 0 Å². The Morgan fingerprint density at radius 1 is 1.02 bits per heavy atom. The number of allylic oxidation sites excluding steroid dienone is 6. The minimum atomic E-state index is -0.541. The summed E-state index contributed by atoms with van der Waals surface area (Å²) in [6.07, 6.45) is 8.33. The molecule has 0 saturated carbocycles. The third kappa shape index (κ3) is 7.59. The Kier molecular flexibility index (Phi) is 10.9. The number of hydrogen-bond donors (Lipinski definition) is 4. The van der Waals surface area contributed by atoms with Gasteiger partial charge in [0.25, 0.3) is 0 Å². The Bertz CT molecular complexity index is 1550. The lowest BCUT2D eigenvalue weighted by molar-refractivity contribution is 0.622. The molecular formula is C34H40F2N6. The molecule has 8 heteroatoms. The van der Waals surface area contributed by atoms with Gasteiger partial charge in [-0.2, -0.15) is 0 Å². The van der Waals surface area contributed by atoms with Gasteiger partial charge in [-0.05, 0) is 81.3 Å². The molecule has 0 bridgehead atoms. The first-order valence-corrected chi connectivity index (χ1v) is 13.7. The van der Waals surface area contributed by atoms with Gasteiger partial charge in [0.05, 0.1) is 17.6 Å². The van der Waals surface area contributed by atoms with Gasteiger partial charge in [-0.25, -0.2) is 8.78 Å². The highest BCUT2D eigenvalue weighted by Gasteiger charge is 2.21. The minimum Gasteiger partial charge on any atom is -0.386 e. The van der Waals surface area contributed by atoms with Crippen LogP contribution in [0.2, 0.25) is 0 Å². The Balaban J connectivity index is 1.98. The molecule has 4 N–H and O–H groups in total. The van der Waals surface area contributed by atoms with Crippen LogP contribution in [0, 0.1) is 11.6 Å². The van der Waals surface area contributed by atoms with Crippen LogP contribution in [0.4, 0.5) is 20.2 Å². The van der Waals surface area contributed by atoms with Crippen molar-refractivity contribution >= 4 is 22.5 Å². The van der Waals surface area contributed by atoms with Crippen molar-refractivity contribution in [2.75, 3.05) is 24.7 Å². The van der Waals surface area contributed by atoms with Gasteiger partial charge in [0.2, 0.25) is 0 Å². The van der Waals surface area contributed by atoms with Crippen LogP contribution >= 0.6 is 0 Å². The summed E-state index contributed by atoms with van der Waals surface area (Å²) in [6, 6.07) is 6.94. The van der Waals surface area contributed by atoms with Crippen molar-refractivity contribution in [2.24, 2.45) is 0 Å². The van der Waals surface area contributed by atoms with Crippen molar-refractivity contribution in [3.63, 3.8) is 0 Å². The van der Waals surface area contributed by atoms with Crippen molar-refractivity contribution in [2.45, 2.75) is 40.3 Å². The van der Waals surface area contributed by atoms with Gasteiger partial charge >= 0.3 is 0 Å². The highest BCUT2D eigenvalue weighted by Crippen LogP contribution is 2.35. The van der Waals surface area contributed by atoms with Crippen LogP contribution in [0.5, 0.6) is 0 Å². The lowest BCUT2D eigenvalue weighted by atomic mass is 9.95. The topological polar surface area (TPSA) is 73.9 Å². The van der Waals surface area contributed by atoms with E-state index in [9.17, 15) is 4.39 Å².